The summed E-state index contributed by atoms with van der Waals surface area (Å²) in [5.41, 5.74) is 0.580. The summed E-state index contributed by atoms with van der Waals surface area (Å²) in [6.07, 6.45) is 3.25. The van der Waals surface area contributed by atoms with Gasteiger partial charge in [0.1, 0.15) is 9.88 Å². The predicted octanol–water partition coefficient (Wildman–Crippen LogP) is 2.44. The normalized spacial score (nSPS) is 16.9. The number of sulfonamides is 1. The third-order valence-corrected chi connectivity index (χ3v) is 6.22. The molecule has 0 aliphatic heterocycles. The van der Waals surface area contributed by atoms with Gasteiger partial charge in [0.2, 0.25) is 10.0 Å². The van der Waals surface area contributed by atoms with Crippen molar-refractivity contribution in [2.45, 2.75) is 37.9 Å². The van der Waals surface area contributed by atoms with E-state index in [1.807, 2.05) is 0 Å². The van der Waals surface area contributed by atoms with Crippen LogP contribution in [0.2, 0.25) is 0 Å². The van der Waals surface area contributed by atoms with Gasteiger partial charge < -0.3 is 5.11 Å². The summed E-state index contributed by atoms with van der Waals surface area (Å²) in [4.78, 5) is 11.1. The van der Waals surface area contributed by atoms with E-state index in [2.05, 4.69) is 4.72 Å². The lowest BCUT2D eigenvalue weighted by atomic mass is 10.3. The topological polar surface area (TPSA) is 83.5 Å². The molecule has 7 heteroatoms. The molecule has 2 N–H and O–H groups in total. The number of aryl methyl sites for hydroxylation is 1. The van der Waals surface area contributed by atoms with E-state index < -0.39 is 16.0 Å². The van der Waals surface area contributed by atoms with Crippen molar-refractivity contribution in [3.05, 3.63) is 16.5 Å². The Morgan fingerprint density at radius 2 is 2.06 bits per heavy atom. The number of rotatable bonds is 4. The molecule has 0 bridgehead atoms. The second-order valence-corrected chi connectivity index (χ2v) is 7.49. The highest BCUT2D eigenvalue weighted by molar-refractivity contribution is 7.93. The van der Waals surface area contributed by atoms with Gasteiger partial charge in [0, 0.05) is 0 Å². The molecular formula is C11H15NO4S2. The van der Waals surface area contributed by atoms with Gasteiger partial charge in [-0.25, -0.2) is 13.2 Å². The highest BCUT2D eigenvalue weighted by atomic mass is 32.2. The van der Waals surface area contributed by atoms with Gasteiger partial charge in [-0.15, -0.1) is 11.3 Å². The first-order chi connectivity index (χ1) is 8.40. The van der Waals surface area contributed by atoms with Crippen LogP contribution in [0.5, 0.6) is 0 Å². The van der Waals surface area contributed by atoms with Crippen LogP contribution in [0.4, 0.5) is 5.00 Å². The van der Waals surface area contributed by atoms with Crippen LogP contribution in [-0.2, 0) is 10.0 Å². The monoisotopic (exact) mass is 289 g/mol. The van der Waals surface area contributed by atoms with Crippen LogP contribution in [0, 0.1) is 6.92 Å². The maximum absolute atomic E-state index is 12.0. The largest absolute Gasteiger partial charge is 0.477 e. The van der Waals surface area contributed by atoms with Gasteiger partial charge in [-0.2, -0.15) is 0 Å². The minimum Gasteiger partial charge on any atom is -0.477 e. The average molecular weight is 289 g/mol. The zero-order chi connectivity index (χ0) is 13.3. The second-order valence-electron chi connectivity index (χ2n) is 4.48. The van der Waals surface area contributed by atoms with Crippen LogP contribution in [0.15, 0.2) is 6.07 Å². The fourth-order valence-electron chi connectivity index (χ4n) is 2.17. The maximum Gasteiger partial charge on any atom is 0.346 e. The Morgan fingerprint density at radius 1 is 1.44 bits per heavy atom. The number of hydrogen-bond donors (Lipinski definition) is 2. The molecular weight excluding hydrogens is 274 g/mol. The van der Waals surface area contributed by atoms with Crippen molar-refractivity contribution in [1.82, 2.24) is 0 Å². The fourth-order valence-corrected chi connectivity index (χ4v) is 4.90. The van der Waals surface area contributed by atoms with Crippen LogP contribution in [0.25, 0.3) is 0 Å². The van der Waals surface area contributed by atoms with Crippen molar-refractivity contribution in [2.24, 2.45) is 0 Å². The standard InChI is InChI=1S/C11H15NO4S2/c1-7-6-9(17-10(7)11(13)14)12-18(15,16)8-4-2-3-5-8/h6,8,12H,2-5H2,1H3,(H,13,14). The van der Waals surface area contributed by atoms with Gasteiger partial charge in [-0.3, -0.25) is 4.72 Å². The SMILES string of the molecule is Cc1cc(NS(=O)(=O)C2CCCC2)sc1C(=O)O. The molecule has 1 aliphatic rings. The van der Waals surface area contributed by atoms with Crippen molar-refractivity contribution in [3.63, 3.8) is 0 Å². The van der Waals surface area contributed by atoms with E-state index in [1.54, 1.807) is 13.0 Å². The first kappa shape index (κ1) is 13.4. The highest BCUT2D eigenvalue weighted by Gasteiger charge is 2.29. The number of anilines is 1. The van der Waals surface area contributed by atoms with Crippen LogP contribution in [-0.4, -0.2) is 24.7 Å². The number of nitrogens with one attached hydrogen (secondary N) is 1. The zero-order valence-corrected chi connectivity index (χ0v) is 11.6. The Balaban J connectivity index is 2.18. The van der Waals surface area contributed by atoms with Crippen molar-refractivity contribution in [3.8, 4) is 0 Å². The Labute approximate surface area is 110 Å². The molecule has 1 aromatic heterocycles. The van der Waals surface area contributed by atoms with E-state index in [4.69, 9.17) is 5.11 Å². The highest BCUT2D eigenvalue weighted by Crippen LogP contribution is 2.31. The van der Waals surface area contributed by atoms with E-state index in [0.29, 0.717) is 23.4 Å². The number of carboxylic acid groups (broad SMARTS) is 1. The Bertz CT molecular complexity index is 556. The minimum absolute atomic E-state index is 0.180. The van der Waals surface area contributed by atoms with E-state index in [1.165, 1.54) is 0 Å². The van der Waals surface area contributed by atoms with Crippen LogP contribution in [0.1, 0.15) is 40.9 Å². The number of carbonyl (C=O) groups is 1. The molecule has 0 amide bonds. The molecule has 1 aliphatic carbocycles. The molecule has 18 heavy (non-hydrogen) atoms. The summed E-state index contributed by atoms with van der Waals surface area (Å²) in [7, 11) is -3.37. The quantitative estimate of drug-likeness (QED) is 0.891. The first-order valence-electron chi connectivity index (χ1n) is 5.75. The molecule has 0 radical (unpaired) electrons. The molecule has 1 fully saturated rings. The van der Waals surface area contributed by atoms with Gasteiger partial charge in [0.25, 0.3) is 0 Å². The summed E-state index contributed by atoms with van der Waals surface area (Å²) in [5, 5.41) is 8.97. The smallest absolute Gasteiger partial charge is 0.346 e. The molecule has 0 saturated heterocycles. The Kier molecular flexibility index (Phi) is 3.63. The summed E-state index contributed by atoms with van der Waals surface area (Å²) in [6.45, 7) is 1.66. The second kappa shape index (κ2) is 4.89. The summed E-state index contributed by atoms with van der Waals surface area (Å²) < 4.78 is 26.6. The summed E-state index contributed by atoms with van der Waals surface area (Å²) in [5.74, 6) is -1.02. The predicted molar refractivity (Wildman–Crippen MR) is 70.8 cm³/mol. The molecule has 0 atom stereocenters. The maximum atomic E-state index is 12.0. The Morgan fingerprint density at radius 3 is 2.56 bits per heavy atom. The Hall–Kier alpha value is -1.08. The van der Waals surface area contributed by atoms with Crippen molar-refractivity contribution < 1.29 is 18.3 Å². The summed E-state index contributed by atoms with van der Waals surface area (Å²) in [6, 6.07) is 1.57. The van der Waals surface area contributed by atoms with Crippen molar-refractivity contribution >= 4 is 32.3 Å². The van der Waals surface area contributed by atoms with Crippen molar-refractivity contribution in [2.75, 3.05) is 4.72 Å². The third kappa shape index (κ3) is 2.67. The number of thiophene rings is 1. The molecule has 1 heterocycles. The first-order valence-corrected chi connectivity index (χ1v) is 8.12. The molecule has 1 aromatic rings. The molecule has 100 valence electrons. The van der Waals surface area contributed by atoms with E-state index in [9.17, 15) is 13.2 Å². The van der Waals surface area contributed by atoms with Gasteiger partial charge in [0.15, 0.2) is 0 Å². The van der Waals surface area contributed by atoms with E-state index in [0.717, 1.165) is 24.2 Å². The van der Waals surface area contributed by atoms with E-state index >= 15 is 0 Å². The van der Waals surface area contributed by atoms with Crippen molar-refractivity contribution in [1.29, 1.82) is 0 Å². The molecule has 0 aromatic carbocycles. The average Bonchev–Trinajstić information content (AvgIpc) is 2.86. The number of carboxylic acids is 1. The number of aromatic carboxylic acids is 1. The number of hydrogen-bond acceptors (Lipinski definition) is 4. The molecule has 0 unspecified atom stereocenters. The zero-order valence-electron chi connectivity index (χ0n) is 9.97. The van der Waals surface area contributed by atoms with Crippen LogP contribution in [0.3, 0.4) is 0 Å². The fraction of sp³-hybridized carbons (Fsp3) is 0.545. The lowest BCUT2D eigenvalue weighted by Gasteiger charge is -2.11. The lowest BCUT2D eigenvalue weighted by molar-refractivity contribution is 0.0701. The molecule has 2 rings (SSSR count). The third-order valence-electron chi connectivity index (χ3n) is 3.10. The summed E-state index contributed by atoms with van der Waals surface area (Å²) >= 11 is 0.963. The van der Waals surface area contributed by atoms with Gasteiger partial charge >= 0.3 is 5.97 Å². The van der Waals surface area contributed by atoms with Gasteiger partial charge in [-0.1, -0.05) is 12.8 Å². The van der Waals surface area contributed by atoms with E-state index in [-0.39, 0.29) is 10.1 Å². The minimum atomic E-state index is -3.37. The van der Waals surface area contributed by atoms with Gasteiger partial charge in [0.05, 0.1) is 5.25 Å². The van der Waals surface area contributed by atoms with Gasteiger partial charge in [-0.05, 0) is 31.4 Å². The molecule has 0 spiro atoms. The molecule has 1 saturated carbocycles. The lowest BCUT2D eigenvalue weighted by Crippen LogP contribution is -2.24. The molecule has 5 nitrogen and oxygen atoms in total. The van der Waals surface area contributed by atoms with Crippen LogP contribution < -0.4 is 4.72 Å². The van der Waals surface area contributed by atoms with Crippen LogP contribution >= 0.6 is 11.3 Å².